The molecule has 6 nitrogen and oxygen atoms in total. The van der Waals surface area contributed by atoms with Crippen LogP contribution in [0.3, 0.4) is 0 Å². The molecule has 6 heteroatoms. The second kappa shape index (κ2) is 5.57. The zero-order valence-electron chi connectivity index (χ0n) is 11.9. The summed E-state index contributed by atoms with van der Waals surface area (Å²) in [5.41, 5.74) is 6.46. The maximum absolute atomic E-state index is 12.7. The lowest BCUT2D eigenvalue weighted by Gasteiger charge is -2.17. The summed E-state index contributed by atoms with van der Waals surface area (Å²) in [6.07, 6.45) is 4.16. The maximum Gasteiger partial charge on any atom is 0.298 e. The van der Waals surface area contributed by atoms with Crippen LogP contribution in [0.25, 0.3) is 5.69 Å². The SMILES string of the molecule is COc1ccccc1-n1ccnc(N2CC[C@@H](N)C2)c1=O. The van der Waals surface area contributed by atoms with Crippen LogP contribution in [0.1, 0.15) is 6.42 Å². The lowest BCUT2D eigenvalue weighted by Crippen LogP contribution is -2.33. The average molecular weight is 286 g/mol. The number of hydrogen-bond donors (Lipinski definition) is 1. The van der Waals surface area contributed by atoms with E-state index < -0.39 is 0 Å². The predicted molar refractivity (Wildman–Crippen MR) is 81.2 cm³/mol. The van der Waals surface area contributed by atoms with E-state index in [0.29, 0.717) is 23.8 Å². The third-order valence-electron chi connectivity index (χ3n) is 3.69. The van der Waals surface area contributed by atoms with E-state index in [2.05, 4.69) is 4.98 Å². The molecule has 0 radical (unpaired) electrons. The Bertz CT molecular complexity index is 698. The molecule has 1 aromatic heterocycles. The van der Waals surface area contributed by atoms with E-state index in [9.17, 15) is 4.79 Å². The van der Waals surface area contributed by atoms with Gasteiger partial charge in [0.05, 0.1) is 12.8 Å². The first-order valence-corrected chi connectivity index (χ1v) is 6.92. The van der Waals surface area contributed by atoms with Crippen LogP contribution in [0.5, 0.6) is 5.75 Å². The Hall–Kier alpha value is -2.34. The van der Waals surface area contributed by atoms with E-state index >= 15 is 0 Å². The van der Waals surface area contributed by atoms with Gasteiger partial charge in [0, 0.05) is 31.5 Å². The van der Waals surface area contributed by atoms with Crippen molar-refractivity contribution in [3.05, 3.63) is 47.0 Å². The number of aromatic nitrogens is 2. The van der Waals surface area contributed by atoms with E-state index in [1.165, 1.54) is 0 Å². The van der Waals surface area contributed by atoms with Gasteiger partial charge in [-0.15, -0.1) is 0 Å². The molecule has 1 aliphatic heterocycles. The molecule has 110 valence electrons. The summed E-state index contributed by atoms with van der Waals surface area (Å²) in [6.45, 7) is 1.43. The molecule has 0 unspecified atom stereocenters. The molecule has 0 bridgehead atoms. The first-order valence-electron chi connectivity index (χ1n) is 6.92. The van der Waals surface area contributed by atoms with Crippen molar-refractivity contribution in [1.82, 2.24) is 9.55 Å². The van der Waals surface area contributed by atoms with Gasteiger partial charge in [-0.25, -0.2) is 4.98 Å². The normalized spacial score (nSPS) is 18.0. The first kappa shape index (κ1) is 13.6. The third-order valence-corrected chi connectivity index (χ3v) is 3.69. The van der Waals surface area contributed by atoms with Gasteiger partial charge in [-0.2, -0.15) is 0 Å². The second-order valence-corrected chi connectivity index (χ2v) is 5.09. The monoisotopic (exact) mass is 286 g/mol. The number of rotatable bonds is 3. The molecular weight excluding hydrogens is 268 g/mol. The molecule has 1 saturated heterocycles. The van der Waals surface area contributed by atoms with Crippen LogP contribution in [-0.2, 0) is 0 Å². The molecule has 21 heavy (non-hydrogen) atoms. The number of ether oxygens (including phenoxy) is 1. The minimum atomic E-state index is -0.156. The molecular formula is C15H18N4O2. The van der Waals surface area contributed by atoms with Gasteiger partial charge in [-0.1, -0.05) is 12.1 Å². The van der Waals surface area contributed by atoms with Crippen LogP contribution in [-0.4, -0.2) is 35.8 Å². The highest BCUT2D eigenvalue weighted by Gasteiger charge is 2.23. The van der Waals surface area contributed by atoms with Crippen LogP contribution in [0.4, 0.5) is 5.82 Å². The second-order valence-electron chi connectivity index (χ2n) is 5.09. The Kier molecular flexibility index (Phi) is 3.62. The summed E-state index contributed by atoms with van der Waals surface area (Å²) in [4.78, 5) is 18.9. The van der Waals surface area contributed by atoms with Gasteiger partial charge < -0.3 is 15.4 Å². The number of methoxy groups -OCH3 is 1. The Morgan fingerprint density at radius 1 is 1.38 bits per heavy atom. The molecule has 0 aliphatic carbocycles. The summed E-state index contributed by atoms with van der Waals surface area (Å²) >= 11 is 0. The summed E-state index contributed by atoms with van der Waals surface area (Å²) in [6, 6.07) is 7.52. The van der Waals surface area contributed by atoms with E-state index in [4.69, 9.17) is 10.5 Å². The Morgan fingerprint density at radius 2 is 2.19 bits per heavy atom. The van der Waals surface area contributed by atoms with Gasteiger partial charge >= 0.3 is 0 Å². The Balaban J connectivity index is 2.07. The molecule has 0 saturated carbocycles. The number of benzene rings is 1. The fourth-order valence-corrected chi connectivity index (χ4v) is 2.62. The Morgan fingerprint density at radius 3 is 2.90 bits per heavy atom. The highest BCUT2D eigenvalue weighted by Crippen LogP contribution is 2.21. The number of para-hydroxylation sites is 2. The van der Waals surface area contributed by atoms with Crippen molar-refractivity contribution in [3.8, 4) is 11.4 Å². The smallest absolute Gasteiger partial charge is 0.298 e. The van der Waals surface area contributed by atoms with Crippen molar-refractivity contribution < 1.29 is 4.74 Å². The highest BCUT2D eigenvalue weighted by molar-refractivity contribution is 5.49. The number of nitrogens with two attached hydrogens (primary N) is 1. The first-order chi connectivity index (χ1) is 10.2. The van der Waals surface area contributed by atoms with Gasteiger partial charge in [0.25, 0.3) is 5.56 Å². The largest absolute Gasteiger partial charge is 0.495 e. The van der Waals surface area contributed by atoms with Gasteiger partial charge in [0.2, 0.25) is 0 Å². The fourth-order valence-electron chi connectivity index (χ4n) is 2.62. The quantitative estimate of drug-likeness (QED) is 0.902. The lowest BCUT2D eigenvalue weighted by atomic mass is 10.3. The molecule has 2 aromatic rings. The zero-order valence-corrected chi connectivity index (χ0v) is 11.9. The molecule has 2 heterocycles. The topological polar surface area (TPSA) is 73.4 Å². The van der Waals surface area contributed by atoms with Crippen LogP contribution >= 0.6 is 0 Å². The molecule has 0 spiro atoms. The van der Waals surface area contributed by atoms with Gasteiger partial charge in [0.1, 0.15) is 5.75 Å². The highest BCUT2D eigenvalue weighted by atomic mass is 16.5. The molecule has 1 aliphatic rings. The summed E-state index contributed by atoms with van der Waals surface area (Å²) in [5.74, 6) is 1.09. The molecule has 1 aromatic carbocycles. The van der Waals surface area contributed by atoms with Crippen molar-refractivity contribution in [3.63, 3.8) is 0 Å². The summed E-state index contributed by atoms with van der Waals surface area (Å²) in [7, 11) is 1.59. The molecule has 1 atom stereocenters. The summed E-state index contributed by atoms with van der Waals surface area (Å²) in [5, 5.41) is 0. The standard InChI is InChI=1S/C15H18N4O2/c1-21-13-5-3-2-4-12(13)19-9-7-17-14(15(19)20)18-8-6-11(16)10-18/h2-5,7,9,11H,6,8,10,16H2,1H3/t11-/m1/s1. The van der Waals surface area contributed by atoms with Crippen LogP contribution in [0.15, 0.2) is 41.5 Å². The number of hydrogen-bond acceptors (Lipinski definition) is 5. The summed E-state index contributed by atoms with van der Waals surface area (Å²) < 4.78 is 6.88. The van der Waals surface area contributed by atoms with Gasteiger partial charge in [0.15, 0.2) is 5.82 Å². The molecule has 1 fully saturated rings. The van der Waals surface area contributed by atoms with Gasteiger partial charge in [-0.05, 0) is 18.6 Å². The van der Waals surface area contributed by atoms with Crippen LogP contribution in [0.2, 0.25) is 0 Å². The van der Waals surface area contributed by atoms with Crippen molar-refractivity contribution in [2.75, 3.05) is 25.1 Å². The molecule has 3 rings (SSSR count). The third kappa shape index (κ3) is 2.50. The number of nitrogens with zero attached hydrogens (tertiary/aromatic N) is 3. The molecule has 2 N–H and O–H groups in total. The van der Waals surface area contributed by atoms with Crippen molar-refractivity contribution in [1.29, 1.82) is 0 Å². The minimum Gasteiger partial charge on any atom is -0.495 e. The zero-order chi connectivity index (χ0) is 14.8. The predicted octanol–water partition coefficient (Wildman–Crippen LogP) is 0.779. The van der Waals surface area contributed by atoms with E-state index in [-0.39, 0.29) is 11.6 Å². The minimum absolute atomic E-state index is 0.103. The number of anilines is 1. The van der Waals surface area contributed by atoms with Crippen molar-refractivity contribution >= 4 is 5.82 Å². The fraction of sp³-hybridized carbons (Fsp3) is 0.333. The van der Waals surface area contributed by atoms with E-state index in [1.807, 2.05) is 29.2 Å². The van der Waals surface area contributed by atoms with Crippen molar-refractivity contribution in [2.24, 2.45) is 5.73 Å². The Labute approximate surface area is 122 Å². The van der Waals surface area contributed by atoms with Crippen LogP contribution in [0, 0.1) is 0 Å². The lowest BCUT2D eigenvalue weighted by molar-refractivity contribution is 0.412. The maximum atomic E-state index is 12.7. The molecule has 0 amide bonds. The van der Waals surface area contributed by atoms with Gasteiger partial charge in [-0.3, -0.25) is 9.36 Å². The van der Waals surface area contributed by atoms with Crippen LogP contribution < -0.4 is 20.9 Å². The van der Waals surface area contributed by atoms with E-state index in [1.54, 1.807) is 24.1 Å². The van der Waals surface area contributed by atoms with E-state index in [0.717, 1.165) is 13.0 Å². The average Bonchev–Trinajstić information content (AvgIpc) is 2.94. The van der Waals surface area contributed by atoms with Crippen molar-refractivity contribution in [2.45, 2.75) is 12.5 Å².